The van der Waals surface area contributed by atoms with Crippen LogP contribution in [0.2, 0.25) is 5.02 Å². The summed E-state index contributed by atoms with van der Waals surface area (Å²) in [5, 5.41) is 10.5. The third-order valence-electron chi connectivity index (χ3n) is 3.41. The van der Waals surface area contributed by atoms with E-state index in [9.17, 15) is 13.5 Å². The molecule has 0 heterocycles. The molecule has 0 spiro atoms. The molecule has 0 saturated carbocycles. The van der Waals surface area contributed by atoms with Gasteiger partial charge in [-0.2, -0.15) is 0 Å². The fourth-order valence-corrected chi connectivity index (χ4v) is 3.30. The molecule has 0 amide bonds. The highest BCUT2D eigenvalue weighted by molar-refractivity contribution is 7.89. The number of hydrogen-bond donors (Lipinski definition) is 2. The highest BCUT2D eigenvalue weighted by Crippen LogP contribution is 2.23. The number of benzene rings is 1. The van der Waals surface area contributed by atoms with Gasteiger partial charge in [-0.05, 0) is 37.5 Å². The molecule has 0 fully saturated rings. The maximum atomic E-state index is 12.2. The molecular weight excluding hydrogens is 286 g/mol. The molecule has 0 aliphatic carbocycles. The molecule has 0 aromatic heterocycles. The minimum Gasteiger partial charge on any atom is -0.389 e. The van der Waals surface area contributed by atoms with Gasteiger partial charge in [0.05, 0.1) is 10.5 Å². The van der Waals surface area contributed by atoms with Crippen molar-refractivity contribution >= 4 is 21.6 Å². The maximum Gasteiger partial charge on any atom is 0.240 e. The number of sulfonamides is 1. The Labute approximate surface area is 119 Å². The van der Waals surface area contributed by atoms with Crippen molar-refractivity contribution in [2.75, 3.05) is 6.54 Å². The largest absolute Gasteiger partial charge is 0.389 e. The van der Waals surface area contributed by atoms with E-state index < -0.39 is 15.6 Å². The summed E-state index contributed by atoms with van der Waals surface area (Å²) in [4.78, 5) is 0.148. The summed E-state index contributed by atoms with van der Waals surface area (Å²) in [5.41, 5.74) is -0.507. The first-order valence-electron chi connectivity index (χ1n) is 6.23. The zero-order chi connectivity index (χ0) is 14.7. The number of nitrogens with one attached hydrogen (secondary N) is 1. The summed E-state index contributed by atoms with van der Waals surface area (Å²) >= 11 is 5.92. The maximum absolute atomic E-state index is 12.2. The van der Waals surface area contributed by atoms with Gasteiger partial charge in [0.1, 0.15) is 0 Å². The van der Waals surface area contributed by atoms with E-state index in [0.717, 1.165) is 0 Å². The molecule has 4 nitrogen and oxygen atoms in total. The number of aliphatic hydroxyl groups is 1. The number of hydrogen-bond acceptors (Lipinski definition) is 3. The lowest BCUT2D eigenvalue weighted by atomic mass is 9.98. The van der Waals surface area contributed by atoms with Gasteiger partial charge < -0.3 is 5.11 Å². The topological polar surface area (TPSA) is 66.4 Å². The molecular formula is C13H20ClNO3S. The second-order valence-electron chi connectivity index (χ2n) is 4.62. The Hall–Kier alpha value is -0.620. The van der Waals surface area contributed by atoms with Crippen molar-refractivity contribution in [3.05, 3.63) is 28.8 Å². The average molecular weight is 306 g/mol. The van der Waals surface area contributed by atoms with Crippen LogP contribution in [0.4, 0.5) is 0 Å². The highest BCUT2D eigenvalue weighted by Gasteiger charge is 2.26. The van der Waals surface area contributed by atoms with E-state index in [2.05, 4.69) is 4.72 Å². The van der Waals surface area contributed by atoms with Crippen LogP contribution in [0.15, 0.2) is 23.1 Å². The van der Waals surface area contributed by atoms with Gasteiger partial charge in [0.15, 0.2) is 0 Å². The van der Waals surface area contributed by atoms with E-state index in [0.29, 0.717) is 23.4 Å². The molecule has 6 heteroatoms. The zero-order valence-corrected chi connectivity index (χ0v) is 13.0. The van der Waals surface area contributed by atoms with Gasteiger partial charge in [-0.1, -0.05) is 31.5 Å². The van der Waals surface area contributed by atoms with Gasteiger partial charge in [0.25, 0.3) is 0 Å². The van der Waals surface area contributed by atoms with Crippen molar-refractivity contribution in [1.29, 1.82) is 0 Å². The number of halogens is 1. The van der Waals surface area contributed by atoms with E-state index in [1.807, 2.05) is 13.8 Å². The van der Waals surface area contributed by atoms with E-state index in [1.165, 1.54) is 6.07 Å². The van der Waals surface area contributed by atoms with Crippen molar-refractivity contribution in [2.24, 2.45) is 0 Å². The Morgan fingerprint density at radius 2 is 1.89 bits per heavy atom. The lowest BCUT2D eigenvalue weighted by Gasteiger charge is -2.25. The van der Waals surface area contributed by atoms with Crippen LogP contribution < -0.4 is 4.72 Å². The molecule has 1 aromatic carbocycles. The van der Waals surface area contributed by atoms with Crippen molar-refractivity contribution in [3.8, 4) is 0 Å². The zero-order valence-electron chi connectivity index (χ0n) is 11.4. The second kappa shape index (κ2) is 6.22. The van der Waals surface area contributed by atoms with Crippen molar-refractivity contribution in [2.45, 2.75) is 44.1 Å². The molecule has 2 N–H and O–H groups in total. The minimum absolute atomic E-state index is 0.00567. The van der Waals surface area contributed by atoms with Crippen LogP contribution in [0.5, 0.6) is 0 Å². The fraction of sp³-hybridized carbons (Fsp3) is 0.538. The van der Waals surface area contributed by atoms with E-state index in [1.54, 1.807) is 19.1 Å². The van der Waals surface area contributed by atoms with Crippen LogP contribution in [0.25, 0.3) is 0 Å². The second-order valence-corrected chi connectivity index (χ2v) is 6.76. The van der Waals surface area contributed by atoms with E-state index >= 15 is 0 Å². The molecule has 0 aliphatic rings. The highest BCUT2D eigenvalue weighted by atomic mass is 35.5. The number of rotatable bonds is 6. The molecule has 19 heavy (non-hydrogen) atoms. The van der Waals surface area contributed by atoms with Gasteiger partial charge >= 0.3 is 0 Å². The van der Waals surface area contributed by atoms with Gasteiger partial charge in [-0.25, -0.2) is 13.1 Å². The lowest BCUT2D eigenvalue weighted by Crippen LogP contribution is -2.42. The van der Waals surface area contributed by atoms with Gasteiger partial charge in [0.2, 0.25) is 10.0 Å². The Morgan fingerprint density at radius 3 is 2.42 bits per heavy atom. The molecule has 1 aromatic rings. The normalized spacial score (nSPS) is 12.7. The van der Waals surface area contributed by atoms with Crippen LogP contribution in [0.3, 0.4) is 0 Å². The molecule has 108 valence electrons. The van der Waals surface area contributed by atoms with E-state index in [-0.39, 0.29) is 11.4 Å². The summed E-state index contributed by atoms with van der Waals surface area (Å²) in [6.07, 6.45) is 0.973. The summed E-state index contributed by atoms with van der Waals surface area (Å²) in [6, 6.07) is 4.74. The molecule has 0 saturated heterocycles. The van der Waals surface area contributed by atoms with Crippen LogP contribution >= 0.6 is 11.6 Å². The molecule has 0 unspecified atom stereocenters. The van der Waals surface area contributed by atoms with Crippen molar-refractivity contribution in [1.82, 2.24) is 4.72 Å². The molecule has 1 rings (SSSR count). The summed E-state index contributed by atoms with van der Waals surface area (Å²) < 4.78 is 26.9. The van der Waals surface area contributed by atoms with Gasteiger partial charge in [0, 0.05) is 11.6 Å². The van der Waals surface area contributed by atoms with Crippen molar-refractivity contribution in [3.63, 3.8) is 0 Å². The predicted octanol–water partition coefficient (Wildman–Crippen LogP) is 2.48. The molecule has 0 bridgehead atoms. The lowest BCUT2D eigenvalue weighted by molar-refractivity contribution is 0.0377. The molecule has 0 atom stereocenters. The Kier molecular flexibility index (Phi) is 5.38. The first-order chi connectivity index (χ1) is 8.75. The minimum atomic E-state index is -3.66. The average Bonchev–Trinajstić information content (AvgIpc) is 2.39. The smallest absolute Gasteiger partial charge is 0.240 e. The molecule has 0 aliphatic heterocycles. The van der Waals surface area contributed by atoms with Gasteiger partial charge in [-0.15, -0.1) is 0 Å². The first kappa shape index (κ1) is 16.4. The monoisotopic (exact) mass is 305 g/mol. The van der Waals surface area contributed by atoms with E-state index in [4.69, 9.17) is 11.6 Å². The Bertz CT molecular complexity index is 539. The Morgan fingerprint density at radius 1 is 1.32 bits per heavy atom. The standard InChI is InChI=1S/C13H20ClNO3S/c1-4-13(16,5-2)9-15-19(17,18)12-8-6-7-11(14)10(12)3/h6-8,15-16H,4-5,9H2,1-3H3. The molecule has 0 radical (unpaired) electrons. The summed E-state index contributed by atoms with van der Waals surface area (Å²) in [6.45, 7) is 5.29. The summed E-state index contributed by atoms with van der Waals surface area (Å²) in [5.74, 6) is 0. The predicted molar refractivity (Wildman–Crippen MR) is 76.9 cm³/mol. The fourth-order valence-electron chi connectivity index (χ4n) is 1.69. The van der Waals surface area contributed by atoms with Crippen molar-refractivity contribution < 1.29 is 13.5 Å². The quantitative estimate of drug-likeness (QED) is 0.848. The summed E-state index contributed by atoms with van der Waals surface area (Å²) in [7, 11) is -3.66. The van der Waals surface area contributed by atoms with Crippen LogP contribution in [-0.4, -0.2) is 25.7 Å². The third-order valence-corrected chi connectivity index (χ3v) is 5.37. The first-order valence-corrected chi connectivity index (χ1v) is 8.09. The van der Waals surface area contributed by atoms with Crippen LogP contribution in [0, 0.1) is 6.92 Å². The van der Waals surface area contributed by atoms with Crippen LogP contribution in [0.1, 0.15) is 32.3 Å². The SMILES string of the molecule is CCC(O)(CC)CNS(=O)(=O)c1cccc(Cl)c1C. The van der Waals surface area contributed by atoms with Crippen LogP contribution in [-0.2, 0) is 10.0 Å². The van der Waals surface area contributed by atoms with Gasteiger partial charge in [-0.3, -0.25) is 0 Å². The Balaban J connectivity index is 2.97. The third kappa shape index (κ3) is 3.92.